The van der Waals surface area contributed by atoms with Crippen LogP contribution in [0.1, 0.15) is 56.5 Å². The first-order chi connectivity index (χ1) is 17.8. The molecule has 0 saturated carbocycles. The number of hydrogen-bond donors (Lipinski definition) is 1. The topological polar surface area (TPSA) is 83.4 Å². The lowest BCUT2D eigenvalue weighted by molar-refractivity contribution is 0.134. The highest BCUT2D eigenvalue weighted by atomic mass is 16.5. The monoisotopic (exact) mass is 504 g/mol. The van der Waals surface area contributed by atoms with Crippen molar-refractivity contribution < 1.29 is 9.47 Å². The van der Waals surface area contributed by atoms with Gasteiger partial charge in [0.15, 0.2) is 5.82 Å². The van der Waals surface area contributed by atoms with Gasteiger partial charge in [-0.15, -0.1) is 5.10 Å². The average Bonchev–Trinajstić information content (AvgIpc) is 3.32. The fourth-order valence-corrected chi connectivity index (χ4v) is 4.90. The SMILES string of the molecule is C=C1/C=C/c2c(OCC)nn(CCC)c2CN(CC)CC(C)Oc2c(c(N)nn2C)-c2ccc(C)c1c2. The number of anilines is 1. The predicted molar refractivity (Wildman–Crippen MR) is 151 cm³/mol. The molecule has 198 valence electrons. The van der Waals surface area contributed by atoms with Gasteiger partial charge in [-0.05, 0) is 68.1 Å². The average molecular weight is 505 g/mol. The number of hydrogen-bond acceptors (Lipinski definition) is 6. The molecule has 8 heteroatoms. The van der Waals surface area contributed by atoms with Gasteiger partial charge >= 0.3 is 0 Å². The smallest absolute Gasteiger partial charge is 0.240 e. The van der Waals surface area contributed by atoms with Crippen molar-refractivity contribution in [2.45, 2.75) is 60.2 Å². The Hall–Kier alpha value is -3.52. The Balaban J connectivity index is 1.90. The van der Waals surface area contributed by atoms with Gasteiger partial charge in [0.25, 0.3) is 0 Å². The highest BCUT2D eigenvalue weighted by Crippen LogP contribution is 2.38. The zero-order valence-electron chi connectivity index (χ0n) is 23.0. The molecule has 2 bridgehead atoms. The number of rotatable bonds is 5. The lowest BCUT2D eigenvalue weighted by Gasteiger charge is -2.25. The van der Waals surface area contributed by atoms with Crippen LogP contribution in [0.25, 0.3) is 22.8 Å². The van der Waals surface area contributed by atoms with Crippen LogP contribution < -0.4 is 15.2 Å². The van der Waals surface area contributed by atoms with Gasteiger partial charge in [-0.25, -0.2) is 4.68 Å². The number of allylic oxidation sites excluding steroid dienone is 2. The van der Waals surface area contributed by atoms with Gasteiger partial charge in [-0.2, -0.15) is 5.10 Å². The van der Waals surface area contributed by atoms with E-state index in [-0.39, 0.29) is 6.10 Å². The second-order valence-electron chi connectivity index (χ2n) is 9.66. The standard InChI is InChI=1S/C29H40N6O2/c1-8-15-35-25-18-34(9-2)17-21(6)37-29-26(27(30)31-33(29)7)22-13-11-19(4)24(16-22)20(5)12-14-23(25)28(32-35)36-10-3/h11-14,16,21H,5,8-10,15,17-18H2,1-4,6-7H3,(H2,30,31)/b14-12+. The van der Waals surface area contributed by atoms with E-state index in [1.165, 1.54) is 0 Å². The van der Waals surface area contributed by atoms with Crippen molar-refractivity contribution in [3.63, 3.8) is 0 Å². The highest BCUT2D eigenvalue weighted by Gasteiger charge is 2.24. The van der Waals surface area contributed by atoms with Gasteiger partial charge < -0.3 is 15.2 Å². The molecule has 1 aromatic carbocycles. The molecule has 1 aliphatic heterocycles. The van der Waals surface area contributed by atoms with Crippen molar-refractivity contribution in [2.24, 2.45) is 7.05 Å². The summed E-state index contributed by atoms with van der Waals surface area (Å²) in [5.41, 5.74) is 13.4. The quantitative estimate of drug-likeness (QED) is 0.507. The van der Waals surface area contributed by atoms with Crippen LogP contribution >= 0.6 is 0 Å². The van der Waals surface area contributed by atoms with E-state index in [0.717, 1.165) is 71.7 Å². The number of aromatic nitrogens is 4. The highest BCUT2D eigenvalue weighted by molar-refractivity contribution is 5.85. The Bertz CT molecular complexity index is 1300. The van der Waals surface area contributed by atoms with E-state index >= 15 is 0 Å². The summed E-state index contributed by atoms with van der Waals surface area (Å²) in [6.45, 7) is 18.6. The summed E-state index contributed by atoms with van der Waals surface area (Å²) in [6.07, 6.45) is 5.06. The Morgan fingerprint density at radius 2 is 1.97 bits per heavy atom. The van der Waals surface area contributed by atoms with Gasteiger partial charge in [-0.3, -0.25) is 9.58 Å². The van der Waals surface area contributed by atoms with E-state index in [9.17, 15) is 0 Å². The largest absolute Gasteiger partial charge is 0.476 e. The fraction of sp³-hybridized carbons (Fsp3) is 0.448. The van der Waals surface area contributed by atoms with Crippen molar-refractivity contribution >= 4 is 17.5 Å². The Morgan fingerprint density at radius 3 is 2.68 bits per heavy atom. The first-order valence-corrected chi connectivity index (χ1v) is 13.2. The molecule has 3 aromatic rings. The second-order valence-corrected chi connectivity index (χ2v) is 9.66. The number of nitrogen functional groups attached to an aromatic ring is 1. The predicted octanol–water partition coefficient (Wildman–Crippen LogP) is 5.31. The Kier molecular flexibility index (Phi) is 8.07. The number of ether oxygens (including phenoxy) is 2. The van der Waals surface area contributed by atoms with Gasteiger partial charge in [0.05, 0.1) is 23.4 Å². The van der Waals surface area contributed by atoms with E-state index in [2.05, 4.69) is 79.3 Å². The van der Waals surface area contributed by atoms with E-state index in [1.54, 1.807) is 4.68 Å². The lowest BCUT2D eigenvalue weighted by atomic mass is 9.96. The maximum absolute atomic E-state index is 6.51. The number of likely N-dealkylation sites (N-methyl/N-ethyl adjacent to an activating group) is 1. The van der Waals surface area contributed by atoms with Crippen LogP contribution in [0.2, 0.25) is 0 Å². The summed E-state index contributed by atoms with van der Waals surface area (Å²) in [4.78, 5) is 2.37. The molecule has 37 heavy (non-hydrogen) atoms. The molecular formula is C29H40N6O2. The lowest BCUT2D eigenvalue weighted by Crippen LogP contribution is -2.34. The molecule has 2 aromatic heterocycles. The first-order valence-electron chi connectivity index (χ1n) is 13.2. The van der Waals surface area contributed by atoms with Crippen LogP contribution in [0.5, 0.6) is 11.8 Å². The molecule has 0 saturated heterocycles. The maximum atomic E-state index is 6.51. The zero-order valence-corrected chi connectivity index (χ0v) is 23.0. The second kappa shape index (κ2) is 11.3. The van der Waals surface area contributed by atoms with Crippen molar-refractivity contribution in [3.8, 4) is 22.9 Å². The minimum Gasteiger partial charge on any atom is -0.476 e. The molecule has 1 atom stereocenters. The summed E-state index contributed by atoms with van der Waals surface area (Å²) in [5, 5.41) is 9.32. The zero-order chi connectivity index (χ0) is 26.7. The summed E-state index contributed by atoms with van der Waals surface area (Å²) in [5.74, 6) is 1.78. The summed E-state index contributed by atoms with van der Waals surface area (Å²) in [6, 6.07) is 6.28. The molecule has 8 nitrogen and oxygen atoms in total. The van der Waals surface area contributed by atoms with Crippen LogP contribution in [0.3, 0.4) is 0 Å². The molecule has 3 heterocycles. The number of aryl methyl sites for hydroxylation is 3. The van der Waals surface area contributed by atoms with Crippen molar-refractivity contribution in [2.75, 3.05) is 25.4 Å². The Labute approximate surface area is 220 Å². The normalized spacial score (nSPS) is 17.4. The molecular weight excluding hydrogens is 464 g/mol. The van der Waals surface area contributed by atoms with E-state index < -0.39 is 0 Å². The van der Waals surface area contributed by atoms with Crippen LogP contribution in [0.15, 0.2) is 30.9 Å². The van der Waals surface area contributed by atoms with E-state index in [1.807, 2.05) is 14.0 Å². The fourth-order valence-electron chi connectivity index (χ4n) is 4.90. The minimum atomic E-state index is -0.0913. The molecule has 4 rings (SSSR count). The first kappa shape index (κ1) is 26.5. The van der Waals surface area contributed by atoms with Crippen molar-refractivity contribution in [3.05, 3.63) is 53.2 Å². The molecule has 0 aliphatic carbocycles. The summed E-state index contributed by atoms with van der Waals surface area (Å²) in [7, 11) is 1.87. The molecule has 0 fully saturated rings. The van der Waals surface area contributed by atoms with Crippen LogP contribution in [-0.2, 0) is 20.1 Å². The number of nitrogens with two attached hydrogens (primary N) is 1. The third-order valence-electron chi connectivity index (χ3n) is 6.77. The van der Waals surface area contributed by atoms with Crippen molar-refractivity contribution in [1.82, 2.24) is 24.5 Å². The van der Waals surface area contributed by atoms with E-state index in [0.29, 0.717) is 24.2 Å². The van der Waals surface area contributed by atoms with Crippen LogP contribution in [0.4, 0.5) is 5.82 Å². The van der Waals surface area contributed by atoms with Gasteiger partial charge in [-0.1, -0.05) is 38.6 Å². The van der Waals surface area contributed by atoms with Gasteiger partial charge in [0.1, 0.15) is 6.10 Å². The third kappa shape index (κ3) is 5.44. The van der Waals surface area contributed by atoms with Crippen molar-refractivity contribution in [1.29, 1.82) is 0 Å². The molecule has 0 amide bonds. The van der Waals surface area contributed by atoms with E-state index in [4.69, 9.17) is 20.3 Å². The summed E-state index contributed by atoms with van der Waals surface area (Å²) < 4.78 is 16.3. The molecule has 2 N–H and O–H groups in total. The van der Waals surface area contributed by atoms with Crippen LogP contribution in [-0.4, -0.2) is 50.3 Å². The Morgan fingerprint density at radius 1 is 1.19 bits per heavy atom. The maximum Gasteiger partial charge on any atom is 0.240 e. The molecule has 1 unspecified atom stereocenters. The van der Waals surface area contributed by atoms with Crippen LogP contribution in [0, 0.1) is 6.92 Å². The number of nitrogens with zero attached hydrogens (tertiary/aromatic N) is 5. The minimum absolute atomic E-state index is 0.0913. The number of benzene rings is 1. The summed E-state index contributed by atoms with van der Waals surface area (Å²) >= 11 is 0. The molecule has 0 radical (unpaired) electrons. The van der Waals surface area contributed by atoms with Gasteiger partial charge in [0, 0.05) is 26.7 Å². The number of fused-ring (bicyclic) bond motifs is 5. The van der Waals surface area contributed by atoms with Gasteiger partial charge in [0.2, 0.25) is 11.8 Å². The third-order valence-corrected chi connectivity index (χ3v) is 6.77. The molecule has 1 aliphatic rings. The molecule has 0 spiro atoms.